The minimum atomic E-state index is -1.36. The number of piperidine rings is 1. The van der Waals surface area contributed by atoms with Gasteiger partial charge in [-0.25, -0.2) is 4.79 Å². The predicted molar refractivity (Wildman–Crippen MR) is 106 cm³/mol. The summed E-state index contributed by atoms with van der Waals surface area (Å²) in [6.45, 7) is 2.37. The van der Waals surface area contributed by atoms with Gasteiger partial charge in [-0.2, -0.15) is 0 Å². The number of esters is 1. The topological polar surface area (TPSA) is 84.0 Å². The Balaban J connectivity index is 1.95. The number of likely N-dealkylation sites (N-methyl/N-ethyl adjacent to an activating group) is 1. The molecule has 1 aromatic carbocycles. The zero-order valence-corrected chi connectivity index (χ0v) is 17.4. The second-order valence-electron chi connectivity index (χ2n) is 7.52. The summed E-state index contributed by atoms with van der Waals surface area (Å²) >= 11 is 6.36. The second-order valence-corrected chi connectivity index (χ2v) is 7.93. The van der Waals surface area contributed by atoms with Crippen molar-refractivity contribution in [1.82, 2.24) is 9.80 Å². The number of halogens is 1. The van der Waals surface area contributed by atoms with Crippen LogP contribution in [0.2, 0.25) is 5.02 Å². The third-order valence-electron chi connectivity index (χ3n) is 5.77. The summed E-state index contributed by atoms with van der Waals surface area (Å²) in [5.41, 5.74) is -0.903. The average Bonchev–Trinajstić information content (AvgIpc) is 2.92. The monoisotopic (exact) mass is 420 g/mol. The lowest BCUT2D eigenvalue weighted by molar-refractivity contribution is -0.157. The molecule has 7 nitrogen and oxygen atoms in total. The molecule has 2 saturated heterocycles. The fourth-order valence-electron chi connectivity index (χ4n) is 4.25. The molecule has 0 spiro atoms. The van der Waals surface area contributed by atoms with Gasteiger partial charge in [0.2, 0.25) is 17.7 Å². The Kier molecular flexibility index (Phi) is 6.27. The van der Waals surface area contributed by atoms with E-state index in [4.69, 9.17) is 16.3 Å². The lowest BCUT2D eigenvalue weighted by Crippen LogP contribution is -2.51. The lowest BCUT2D eigenvalue weighted by atomic mass is 9.75. The minimum absolute atomic E-state index is 0.129. The molecule has 0 bridgehead atoms. The smallest absolute Gasteiger partial charge is 0.328 e. The number of imide groups is 1. The molecule has 29 heavy (non-hydrogen) atoms. The number of nitrogens with zero attached hydrogens (tertiary/aromatic N) is 2. The Morgan fingerprint density at radius 3 is 2.59 bits per heavy atom. The molecule has 0 N–H and O–H groups in total. The number of carbonyl (C=O) groups is 4. The van der Waals surface area contributed by atoms with Crippen molar-refractivity contribution in [2.24, 2.45) is 0 Å². The first-order chi connectivity index (χ1) is 13.8. The highest BCUT2D eigenvalue weighted by molar-refractivity contribution is 6.32. The van der Waals surface area contributed by atoms with Gasteiger partial charge in [-0.15, -0.1) is 0 Å². The molecule has 0 unspecified atom stereocenters. The number of likely N-dealkylation sites (tertiary alicyclic amines) is 2. The van der Waals surface area contributed by atoms with Crippen molar-refractivity contribution in [3.05, 3.63) is 34.9 Å². The van der Waals surface area contributed by atoms with Crippen LogP contribution in [0.25, 0.3) is 0 Å². The van der Waals surface area contributed by atoms with Crippen LogP contribution in [0.5, 0.6) is 0 Å². The third-order valence-corrected chi connectivity index (χ3v) is 6.09. The van der Waals surface area contributed by atoms with E-state index < -0.39 is 23.3 Å². The summed E-state index contributed by atoms with van der Waals surface area (Å²) < 4.78 is 5.13. The van der Waals surface area contributed by atoms with Crippen LogP contribution in [0.15, 0.2) is 24.3 Å². The Labute approximate surface area is 174 Å². The highest BCUT2D eigenvalue weighted by atomic mass is 35.5. The van der Waals surface area contributed by atoms with E-state index in [2.05, 4.69) is 0 Å². The quantitative estimate of drug-likeness (QED) is 0.539. The molecule has 0 aliphatic carbocycles. The van der Waals surface area contributed by atoms with Gasteiger partial charge in [-0.3, -0.25) is 19.3 Å². The molecule has 156 valence electrons. The highest BCUT2D eigenvalue weighted by Gasteiger charge is 2.54. The average molecular weight is 421 g/mol. The van der Waals surface area contributed by atoms with Gasteiger partial charge in [0.25, 0.3) is 0 Å². The molecule has 2 atom stereocenters. The van der Waals surface area contributed by atoms with Crippen molar-refractivity contribution in [1.29, 1.82) is 0 Å². The maximum atomic E-state index is 13.3. The van der Waals surface area contributed by atoms with Crippen LogP contribution < -0.4 is 0 Å². The van der Waals surface area contributed by atoms with Gasteiger partial charge in [0.05, 0.1) is 12.0 Å². The fraction of sp³-hybridized carbons (Fsp3) is 0.524. The number of carbonyl (C=O) groups excluding carboxylic acids is 4. The van der Waals surface area contributed by atoms with Crippen LogP contribution in [-0.4, -0.2) is 59.7 Å². The van der Waals surface area contributed by atoms with Crippen molar-refractivity contribution in [2.75, 3.05) is 20.2 Å². The largest absolute Gasteiger partial charge is 0.464 e. The summed E-state index contributed by atoms with van der Waals surface area (Å²) in [4.78, 5) is 53.7. The highest BCUT2D eigenvalue weighted by Crippen LogP contribution is 2.43. The van der Waals surface area contributed by atoms with Gasteiger partial charge in [0.15, 0.2) is 0 Å². The number of ether oxygens (including phenoxy) is 1. The fourth-order valence-corrected chi connectivity index (χ4v) is 4.57. The van der Waals surface area contributed by atoms with Crippen molar-refractivity contribution < 1.29 is 23.9 Å². The van der Waals surface area contributed by atoms with E-state index in [1.165, 1.54) is 11.9 Å². The van der Waals surface area contributed by atoms with Gasteiger partial charge in [0, 0.05) is 31.5 Å². The van der Waals surface area contributed by atoms with E-state index in [-0.39, 0.29) is 31.3 Å². The molecule has 2 aliphatic rings. The van der Waals surface area contributed by atoms with Crippen LogP contribution in [-0.2, 0) is 29.3 Å². The lowest BCUT2D eigenvalue weighted by Gasteiger charge is -2.36. The van der Waals surface area contributed by atoms with Crippen molar-refractivity contribution in [3.63, 3.8) is 0 Å². The molecule has 0 radical (unpaired) electrons. The standard InChI is InChI=1S/C21H25ClN2O5/c1-3-29-19(27)16-10-6-7-11-24(16)18(26)13-21(12-17(25)23(2)20(21)28)14-8-4-5-9-15(14)22/h4-5,8-9,16H,3,6-7,10-13H2,1-2H3/t16-,21-/m1/s1. The molecule has 8 heteroatoms. The summed E-state index contributed by atoms with van der Waals surface area (Å²) in [7, 11) is 1.41. The molecule has 2 heterocycles. The maximum absolute atomic E-state index is 13.3. The number of amides is 3. The second kappa shape index (κ2) is 8.53. The van der Waals surface area contributed by atoms with Crippen molar-refractivity contribution in [3.8, 4) is 0 Å². The normalized spacial score (nSPS) is 24.7. The Hall–Kier alpha value is -2.41. The molecule has 3 amide bonds. The number of rotatable bonds is 5. The molecule has 0 saturated carbocycles. The molecule has 1 aromatic rings. The zero-order chi connectivity index (χ0) is 21.2. The van der Waals surface area contributed by atoms with Crippen LogP contribution in [0.4, 0.5) is 0 Å². The van der Waals surface area contributed by atoms with Gasteiger partial charge >= 0.3 is 5.97 Å². The van der Waals surface area contributed by atoms with Gasteiger partial charge in [0.1, 0.15) is 6.04 Å². The first-order valence-corrected chi connectivity index (χ1v) is 10.2. The SMILES string of the molecule is CCOC(=O)[C@H]1CCCCN1C(=O)C[C@@]1(c2ccccc2Cl)CC(=O)N(C)C1=O. The van der Waals surface area contributed by atoms with Crippen LogP contribution in [0.1, 0.15) is 44.6 Å². The third kappa shape index (κ3) is 3.88. The molecular formula is C21H25ClN2O5. The van der Waals surface area contributed by atoms with Gasteiger partial charge in [-0.05, 0) is 37.8 Å². The van der Waals surface area contributed by atoms with Gasteiger partial charge in [-0.1, -0.05) is 29.8 Å². The molecule has 0 aromatic heterocycles. The van der Waals surface area contributed by atoms with Crippen molar-refractivity contribution >= 4 is 35.3 Å². The molecule has 3 rings (SSSR count). The summed E-state index contributed by atoms with van der Waals surface area (Å²) in [6.07, 6.45) is 1.77. The predicted octanol–water partition coefficient (Wildman–Crippen LogP) is 2.30. The van der Waals surface area contributed by atoms with E-state index in [9.17, 15) is 19.2 Å². The van der Waals surface area contributed by atoms with Crippen LogP contribution >= 0.6 is 11.6 Å². The number of benzene rings is 1. The van der Waals surface area contributed by atoms with E-state index in [0.717, 1.165) is 17.7 Å². The molecule has 2 fully saturated rings. The summed E-state index contributed by atoms with van der Waals surface area (Å²) in [5, 5.41) is 0.331. The molecular weight excluding hydrogens is 396 g/mol. The number of hydrogen-bond acceptors (Lipinski definition) is 5. The zero-order valence-electron chi connectivity index (χ0n) is 16.7. The van der Waals surface area contributed by atoms with Crippen LogP contribution in [0, 0.1) is 0 Å². The van der Waals surface area contributed by atoms with Crippen molar-refractivity contribution in [2.45, 2.75) is 50.5 Å². The Morgan fingerprint density at radius 1 is 1.24 bits per heavy atom. The number of hydrogen-bond donors (Lipinski definition) is 0. The maximum Gasteiger partial charge on any atom is 0.328 e. The summed E-state index contributed by atoms with van der Waals surface area (Å²) in [6, 6.07) is 6.12. The Bertz CT molecular complexity index is 842. The van der Waals surface area contributed by atoms with Gasteiger partial charge < -0.3 is 9.64 Å². The molecule has 2 aliphatic heterocycles. The van der Waals surface area contributed by atoms with Crippen LogP contribution in [0.3, 0.4) is 0 Å². The van der Waals surface area contributed by atoms with E-state index in [1.54, 1.807) is 31.2 Å². The Morgan fingerprint density at radius 2 is 1.97 bits per heavy atom. The first-order valence-electron chi connectivity index (χ1n) is 9.84. The van der Waals surface area contributed by atoms with E-state index in [0.29, 0.717) is 23.6 Å². The summed E-state index contributed by atoms with van der Waals surface area (Å²) in [5.74, 6) is -1.59. The van der Waals surface area contributed by atoms with E-state index in [1.807, 2.05) is 0 Å². The minimum Gasteiger partial charge on any atom is -0.464 e. The van der Waals surface area contributed by atoms with E-state index >= 15 is 0 Å². The first kappa shape index (κ1) is 21.3.